The SMILES string of the molecule is CC1OC(OC2C(O)C(C)OC(OC(=O)C34CCC(C)(C)CC3C3=CCC5C6(C)CCC(OC7OC(C(=O)O)C(O)C(OC8OCC(O)C(O)C8O)C7OC7OC(CO)C(O)C(O)C7O)C(C)(C=O)C6CCC5(C)C3(C)CC4)C2OC2OC(C)C(OC3OCC(O)C(OC4OCC(O)C(O)C4O)C3O)C(O)C2O)C(O)C(O)C1O. The van der Waals surface area contributed by atoms with Crippen molar-refractivity contribution in [1.29, 1.82) is 0 Å². The number of ether oxygens (including phenoxy) is 16. The van der Waals surface area contributed by atoms with Crippen molar-refractivity contribution < 1.29 is 192 Å². The lowest BCUT2D eigenvalue weighted by Gasteiger charge is -2.71. The molecular weight excluding hydrogens is 1520 g/mol. The van der Waals surface area contributed by atoms with Gasteiger partial charge in [-0.3, -0.25) is 4.79 Å². The van der Waals surface area contributed by atoms with Crippen molar-refractivity contribution in [3.05, 3.63) is 11.6 Å². The Kier molecular flexibility index (Phi) is 26.2. The molecule has 13 rings (SSSR count). The highest BCUT2D eigenvalue weighted by molar-refractivity contribution is 5.79. The summed E-state index contributed by atoms with van der Waals surface area (Å²) in [4.78, 5) is 43.6. The van der Waals surface area contributed by atoms with Gasteiger partial charge in [-0.05, 0) is 124 Å². The molecule has 0 aromatic carbocycles. The number of allylic oxidation sites excluding steroid dienone is 2. The van der Waals surface area contributed by atoms with E-state index < -0.39 is 311 Å². The summed E-state index contributed by atoms with van der Waals surface area (Å²) in [6, 6.07) is 0. The molecule has 8 saturated heterocycles. The molecule has 13 aliphatic rings. The van der Waals surface area contributed by atoms with Crippen molar-refractivity contribution in [2.24, 2.45) is 50.2 Å². The number of hydrogen-bond donors (Lipinski definition) is 20. The van der Waals surface area contributed by atoms with Gasteiger partial charge in [0.15, 0.2) is 56.2 Å². The first-order chi connectivity index (χ1) is 53.5. The number of rotatable bonds is 19. The summed E-state index contributed by atoms with van der Waals surface area (Å²) in [6.07, 6.45) is -60.4. The van der Waals surface area contributed by atoms with Crippen molar-refractivity contribution in [2.75, 3.05) is 26.4 Å². The van der Waals surface area contributed by atoms with Gasteiger partial charge in [0.1, 0.15) is 153 Å². The van der Waals surface area contributed by atoms with Crippen LogP contribution >= 0.6 is 0 Å². The second-order valence-corrected chi connectivity index (χ2v) is 35.8. The lowest BCUT2D eigenvalue weighted by molar-refractivity contribution is -0.392. The van der Waals surface area contributed by atoms with Gasteiger partial charge in [0.25, 0.3) is 0 Å². The van der Waals surface area contributed by atoms with E-state index >= 15 is 4.79 Å². The number of aldehydes is 1. The highest BCUT2D eigenvalue weighted by Gasteiger charge is 2.72. The van der Waals surface area contributed by atoms with Gasteiger partial charge in [0.05, 0.1) is 61.7 Å². The highest BCUT2D eigenvalue weighted by atomic mass is 16.8. The maximum atomic E-state index is 16.2. The zero-order valence-corrected chi connectivity index (χ0v) is 64.9. The molecule has 0 bridgehead atoms. The Morgan fingerprint density at radius 1 is 0.447 bits per heavy atom. The van der Waals surface area contributed by atoms with Crippen LogP contribution in [0.4, 0.5) is 0 Å². The number of carbonyl (C=O) groups excluding carboxylic acids is 2. The van der Waals surface area contributed by atoms with Gasteiger partial charge in [0, 0.05) is 0 Å². The first kappa shape index (κ1) is 88.8. The molecular formula is C75H118O39. The van der Waals surface area contributed by atoms with Crippen LogP contribution in [0.5, 0.6) is 0 Å². The molecule has 0 amide bonds. The first-order valence-corrected chi connectivity index (χ1v) is 39.7. The van der Waals surface area contributed by atoms with Crippen LogP contribution in [0.2, 0.25) is 0 Å². The maximum Gasteiger partial charge on any atom is 0.335 e. The Morgan fingerprint density at radius 2 is 0.939 bits per heavy atom. The minimum atomic E-state index is -2.22. The number of aliphatic hydroxyl groups is 19. The lowest BCUT2D eigenvalue weighted by atomic mass is 9.33. The smallest absolute Gasteiger partial charge is 0.335 e. The van der Waals surface area contributed by atoms with E-state index in [1.54, 1.807) is 6.92 Å². The van der Waals surface area contributed by atoms with Crippen LogP contribution in [0.3, 0.4) is 0 Å². The van der Waals surface area contributed by atoms with Crippen LogP contribution in [-0.2, 0) is 90.2 Å². The van der Waals surface area contributed by atoms with Crippen molar-refractivity contribution in [3.63, 3.8) is 0 Å². The molecule has 4 saturated carbocycles. The third-order valence-electron chi connectivity index (χ3n) is 28.5. The van der Waals surface area contributed by atoms with Crippen LogP contribution in [0, 0.1) is 50.2 Å². The number of aliphatic carboxylic acids is 1. The second kappa shape index (κ2) is 33.7. The predicted octanol–water partition coefficient (Wildman–Crippen LogP) is -6.47. The molecule has 0 radical (unpaired) electrons. The zero-order valence-electron chi connectivity index (χ0n) is 64.9. The highest BCUT2D eigenvalue weighted by Crippen LogP contribution is 2.76. The van der Waals surface area contributed by atoms with E-state index in [0.717, 1.165) is 11.9 Å². The summed E-state index contributed by atoms with van der Waals surface area (Å²) in [5.74, 6) is -3.56. The summed E-state index contributed by atoms with van der Waals surface area (Å²) in [7, 11) is 0. The number of aliphatic hydroxyl groups excluding tert-OH is 19. The maximum absolute atomic E-state index is 16.2. The molecule has 8 aliphatic heterocycles. The van der Waals surface area contributed by atoms with E-state index in [4.69, 9.17) is 75.8 Å². The number of carbonyl (C=O) groups is 3. The molecule has 114 heavy (non-hydrogen) atoms. The van der Waals surface area contributed by atoms with E-state index in [1.807, 2.05) is 0 Å². The van der Waals surface area contributed by atoms with Crippen LogP contribution in [0.15, 0.2) is 11.6 Å². The van der Waals surface area contributed by atoms with Gasteiger partial charge in [0.2, 0.25) is 6.29 Å². The first-order valence-electron chi connectivity index (χ1n) is 39.7. The standard InChI is InChI=1S/C75H118O39/c1-26-38(81)43(86)48(91)64(102-26)110-55-39(82)27(2)103-67(58(55)112-65-50(93)45(88)53(28(3)104-65)107-63-52(95)54(33(80)24-101-63)108-61-46(89)40(83)31(78)22-99-61)114-69(98)75-18-16-70(4,5)20-30(75)29-10-11-36-71(6)14-13-37(72(7,25-77)35(71)12-15-74(36,9)73(29,8)17-19-75)106-68-59(113-66-49(92)44(87)42(85)34(21-76)105-66)56(51(94)57(111-68)60(96)97)109-62-47(90)41(84)32(79)23-100-62/h10,25-28,30-59,61-68,76,78-95H,11-24H2,1-9H3,(H,96,97). The van der Waals surface area contributed by atoms with E-state index in [9.17, 15) is 112 Å². The van der Waals surface area contributed by atoms with E-state index in [0.29, 0.717) is 51.4 Å². The molecule has 0 aromatic heterocycles. The molecule has 46 unspecified atom stereocenters. The minimum Gasteiger partial charge on any atom is -0.479 e. The van der Waals surface area contributed by atoms with E-state index in [1.165, 1.54) is 20.8 Å². The monoisotopic (exact) mass is 1640 g/mol. The lowest BCUT2D eigenvalue weighted by Crippen LogP contribution is -2.69. The van der Waals surface area contributed by atoms with Gasteiger partial charge < -0.3 is 183 Å². The number of carboxylic acids is 1. The molecule has 46 atom stereocenters. The Labute approximate surface area is 656 Å². The Bertz CT molecular complexity index is 3360. The molecule has 5 aliphatic carbocycles. The number of esters is 1. The number of hydrogen-bond acceptors (Lipinski definition) is 38. The second-order valence-electron chi connectivity index (χ2n) is 35.8. The van der Waals surface area contributed by atoms with Crippen molar-refractivity contribution in [2.45, 2.75) is 360 Å². The van der Waals surface area contributed by atoms with Crippen LogP contribution in [0.1, 0.15) is 127 Å². The summed E-state index contributed by atoms with van der Waals surface area (Å²) in [5.41, 5.74) is -3.86. The zero-order chi connectivity index (χ0) is 83.0. The summed E-state index contributed by atoms with van der Waals surface area (Å²) in [6.45, 7) is 14.3. The number of fused-ring (bicyclic) bond motifs is 7. The van der Waals surface area contributed by atoms with Crippen molar-refractivity contribution >= 4 is 18.2 Å². The fourth-order valence-corrected chi connectivity index (χ4v) is 21.3. The third-order valence-corrected chi connectivity index (χ3v) is 28.5. The summed E-state index contributed by atoms with van der Waals surface area (Å²) < 4.78 is 97.1. The van der Waals surface area contributed by atoms with Gasteiger partial charge in [-0.2, -0.15) is 0 Å². The largest absolute Gasteiger partial charge is 0.479 e. The molecule has 39 nitrogen and oxygen atoms in total. The van der Waals surface area contributed by atoms with Gasteiger partial charge in [-0.25, -0.2) is 4.79 Å². The quantitative estimate of drug-likeness (QED) is 0.0247. The summed E-state index contributed by atoms with van der Waals surface area (Å²) >= 11 is 0. The molecule has 20 N–H and O–H groups in total. The average molecular weight is 1640 g/mol. The number of carboxylic acid groups (broad SMARTS) is 1. The van der Waals surface area contributed by atoms with Crippen molar-refractivity contribution in [1.82, 2.24) is 0 Å². The van der Waals surface area contributed by atoms with Gasteiger partial charge in [-0.15, -0.1) is 0 Å². The minimum absolute atomic E-state index is 0.117. The summed E-state index contributed by atoms with van der Waals surface area (Å²) in [5, 5.41) is 220. The Balaban J connectivity index is 0.764. The fourth-order valence-electron chi connectivity index (χ4n) is 21.3. The molecule has 12 fully saturated rings. The molecule has 0 spiro atoms. The van der Waals surface area contributed by atoms with Gasteiger partial charge in [-0.1, -0.05) is 53.2 Å². The third kappa shape index (κ3) is 15.5. The van der Waals surface area contributed by atoms with E-state index in [-0.39, 0.29) is 24.2 Å². The van der Waals surface area contributed by atoms with Crippen LogP contribution < -0.4 is 0 Å². The van der Waals surface area contributed by atoms with Crippen LogP contribution in [-0.4, -0.2) is 380 Å². The molecule has 8 heterocycles. The fraction of sp³-hybridized carbons (Fsp3) is 0.933. The van der Waals surface area contributed by atoms with Crippen molar-refractivity contribution in [3.8, 4) is 0 Å². The Hall–Kier alpha value is -3.01. The Morgan fingerprint density at radius 3 is 1.54 bits per heavy atom. The molecule has 0 aromatic rings. The topological polar surface area (TPSA) is 603 Å². The van der Waals surface area contributed by atoms with E-state index in [2.05, 4.69) is 40.7 Å². The van der Waals surface area contributed by atoms with Crippen LogP contribution in [0.25, 0.3) is 0 Å². The van der Waals surface area contributed by atoms with Gasteiger partial charge >= 0.3 is 11.9 Å². The normalized spacial score (nSPS) is 55.1. The molecule has 652 valence electrons. The predicted molar refractivity (Wildman–Crippen MR) is 372 cm³/mol. The molecule has 39 heteroatoms. The average Bonchev–Trinajstić information content (AvgIpc) is 0.673.